The largest absolute Gasteiger partial charge is 0.480 e. The monoisotopic (exact) mass is 273 g/mol. The Labute approximate surface area is 115 Å². The number of furan rings is 1. The van der Waals surface area contributed by atoms with Crippen molar-refractivity contribution in [3.8, 4) is 0 Å². The smallest absolute Gasteiger partial charge is 0.329 e. The normalized spacial score (nSPS) is 17.2. The Morgan fingerprint density at radius 3 is 2.55 bits per heavy atom. The van der Waals surface area contributed by atoms with E-state index in [2.05, 4.69) is 5.32 Å². The minimum Gasteiger partial charge on any atom is -0.480 e. The fourth-order valence-electron chi connectivity index (χ4n) is 2.74. The third-order valence-electron chi connectivity index (χ3n) is 3.87. The van der Waals surface area contributed by atoms with Crippen LogP contribution < -0.4 is 5.32 Å². The van der Waals surface area contributed by atoms with Gasteiger partial charge in [-0.05, 0) is 25.0 Å². The number of rotatable bonds is 3. The highest BCUT2D eigenvalue weighted by molar-refractivity contribution is 5.99. The first-order chi connectivity index (χ1) is 9.61. The summed E-state index contributed by atoms with van der Waals surface area (Å²) in [4.78, 5) is 23.6. The average Bonchev–Trinajstić information content (AvgIpc) is 3.05. The molecule has 2 aromatic rings. The zero-order valence-corrected chi connectivity index (χ0v) is 10.9. The SMILES string of the molecule is O=C(NC1(C(=O)O)CCCC1)c1cc2ccccc2o1. The van der Waals surface area contributed by atoms with E-state index >= 15 is 0 Å². The molecular formula is C15H15NO4. The van der Waals surface area contributed by atoms with Crippen LogP contribution in [0, 0.1) is 0 Å². The first-order valence-corrected chi connectivity index (χ1v) is 6.65. The molecule has 0 saturated heterocycles. The van der Waals surface area contributed by atoms with Crippen LogP contribution >= 0.6 is 0 Å². The molecule has 104 valence electrons. The van der Waals surface area contributed by atoms with Crippen LogP contribution in [0.4, 0.5) is 0 Å². The Kier molecular flexibility index (Phi) is 2.97. The van der Waals surface area contributed by atoms with E-state index < -0.39 is 17.4 Å². The molecule has 0 spiro atoms. The molecular weight excluding hydrogens is 258 g/mol. The molecule has 1 aliphatic carbocycles. The summed E-state index contributed by atoms with van der Waals surface area (Å²) in [6, 6.07) is 8.93. The van der Waals surface area contributed by atoms with E-state index in [9.17, 15) is 14.7 Å². The number of fused-ring (bicyclic) bond motifs is 1. The number of hydrogen-bond acceptors (Lipinski definition) is 3. The number of nitrogens with one attached hydrogen (secondary N) is 1. The summed E-state index contributed by atoms with van der Waals surface area (Å²) >= 11 is 0. The maximum absolute atomic E-state index is 12.2. The summed E-state index contributed by atoms with van der Waals surface area (Å²) in [5, 5.41) is 12.8. The lowest BCUT2D eigenvalue weighted by Gasteiger charge is -2.24. The summed E-state index contributed by atoms with van der Waals surface area (Å²) in [5.41, 5.74) is -0.524. The van der Waals surface area contributed by atoms with Gasteiger partial charge in [0.05, 0.1) is 0 Å². The van der Waals surface area contributed by atoms with Gasteiger partial charge in [0.1, 0.15) is 11.1 Å². The molecule has 1 aliphatic rings. The second kappa shape index (κ2) is 4.67. The maximum atomic E-state index is 12.2. The molecule has 0 unspecified atom stereocenters. The van der Waals surface area contributed by atoms with Crippen molar-refractivity contribution in [1.29, 1.82) is 0 Å². The molecule has 1 saturated carbocycles. The van der Waals surface area contributed by atoms with Crippen molar-refractivity contribution in [2.24, 2.45) is 0 Å². The predicted molar refractivity (Wildman–Crippen MR) is 72.5 cm³/mol. The van der Waals surface area contributed by atoms with Gasteiger partial charge in [0.25, 0.3) is 5.91 Å². The van der Waals surface area contributed by atoms with Crippen LogP contribution in [0.1, 0.15) is 36.2 Å². The van der Waals surface area contributed by atoms with E-state index in [1.165, 1.54) is 0 Å². The van der Waals surface area contributed by atoms with Crippen LogP contribution in [0.3, 0.4) is 0 Å². The van der Waals surface area contributed by atoms with E-state index in [0.29, 0.717) is 18.4 Å². The van der Waals surface area contributed by atoms with Crippen molar-refractivity contribution >= 4 is 22.8 Å². The first-order valence-electron chi connectivity index (χ1n) is 6.65. The third-order valence-corrected chi connectivity index (χ3v) is 3.87. The summed E-state index contributed by atoms with van der Waals surface area (Å²) in [6.45, 7) is 0. The van der Waals surface area contributed by atoms with E-state index in [0.717, 1.165) is 18.2 Å². The molecule has 2 N–H and O–H groups in total. The summed E-state index contributed by atoms with van der Waals surface area (Å²) < 4.78 is 5.46. The molecule has 5 nitrogen and oxygen atoms in total. The van der Waals surface area contributed by atoms with Crippen LogP contribution in [-0.4, -0.2) is 22.5 Å². The molecule has 20 heavy (non-hydrogen) atoms. The molecule has 1 aromatic carbocycles. The second-order valence-electron chi connectivity index (χ2n) is 5.20. The van der Waals surface area contributed by atoms with Gasteiger partial charge < -0.3 is 14.8 Å². The Morgan fingerprint density at radius 2 is 1.90 bits per heavy atom. The van der Waals surface area contributed by atoms with Crippen molar-refractivity contribution in [1.82, 2.24) is 5.32 Å². The number of aliphatic carboxylic acids is 1. The second-order valence-corrected chi connectivity index (χ2v) is 5.20. The lowest BCUT2D eigenvalue weighted by atomic mass is 9.98. The van der Waals surface area contributed by atoms with E-state index in [-0.39, 0.29) is 5.76 Å². The zero-order chi connectivity index (χ0) is 14.2. The Balaban J connectivity index is 1.87. The number of carboxylic acids is 1. The van der Waals surface area contributed by atoms with E-state index in [1.807, 2.05) is 18.2 Å². The van der Waals surface area contributed by atoms with Crippen LogP contribution in [-0.2, 0) is 4.79 Å². The number of hydrogen-bond donors (Lipinski definition) is 2. The predicted octanol–water partition coefficient (Wildman–Crippen LogP) is 2.56. The van der Waals surface area contributed by atoms with Gasteiger partial charge in [-0.1, -0.05) is 31.0 Å². The third kappa shape index (κ3) is 2.05. The lowest BCUT2D eigenvalue weighted by Crippen LogP contribution is -2.52. The lowest BCUT2D eigenvalue weighted by molar-refractivity contribution is -0.144. The van der Waals surface area contributed by atoms with Gasteiger partial charge in [-0.3, -0.25) is 4.79 Å². The van der Waals surface area contributed by atoms with Crippen LogP contribution in [0.5, 0.6) is 0 Å². The van der Waals surface area contributed by atoms with Gasteiger partial charge in [-0.25, -0.2) is 4.79 Å². The topological polar surface area (TPSA) is 79.5 Å². The highest BCUT2D eigenvalue weighted by Crippen LogP contribution is 2.30. The summed E-state index contributed by atoms with van der Waals surface area (Å²) in [7, 11) is 0. The summed E-state index contributed by atoms with van der Waals surface area (Å²) in [5.74, 6) is -1.29. The molecule has 0 bridgehead atoms. The number of carbonyl (C=O) groups excluding carboxylic acids is 1. The number of para-hydroxylation sites is 1. The van der Waals surface area contributed by atoms with Gasteiger partial charge >= 0.3 is 5.97 Å². The molecule has 1 amide bonds. The Morgan fingerprint density at radius 1 is 1.20 bits per heavy atom. The van der Waals surface area contributed by atoms with Gasteiger partial charge in [-0.15, -0.1) is 0 Å². The van der Waals surface area contributed by atoms with Crippen LogP contribution in [0.15, 0.2) is 34.7 Å². The van der Waals surface area contributed by atoms with Gasteiger partial charge in [0.2, 0.25) is 0 Å². The molecule has 0 aliphatic heterocycles. The van der Waals surface area contributed by atoms with E-state index in [1.54, 1.807) is 12.1 Å². The van der Waals surface area contributed by atoms with Crippen LogP contribution in [0.25, 0.3) is 11.0 Å². The quantitative estimate of drug-likeness (QED) is 0.900. The van der Waals surface area contributed by atoms with Gasteiger partial charge in [-0.2, -0.15) is 0 Å². The fraction of sp³-hybridized carbons (Fsp3) is 0.333. The maximum Gasteiger partial charge on any atom is 0.329 e. The van der Waals surface area contributed by atoms with Crippen molar-refractivity contribution < 1.29 is 19.1 Å². The van der Waals surface area contributed by atoms with Gasteiger partial charge in [0.15, 0.2) is 5.76 Å². The van der Waals surface area contributed by atoms with Gasteiger partial charge in [0, 0.05) is 5.39 Å². The van der Waals surface area contributed by atoms with Crippen molar-refractivity contribution in [3.63, 3.8) is 0 Å². The molecule has 1 fully saturated rings. The van der Waals surface area contributed by atoms with Crippen molar-refractivity contribution in [2.45, 2.75) is 31.2 Å². The van der Waals surface area contributed by atoms with Crippen LogP contribution in [0.2, 0.25) is 0 Å². The Bertz CT molecular complexity index is 634. The number of carboxylic acid groups (broad SMARTS) is 1. The Hall–Kier alpha value is -2.30. The summed E-state index contributed by atoms with van der Waals surface area (Å²) in [6.07, 6.45) is 2.56. The average molecular weight is 273 g/mol. The van der Waals surface area contributed by atoms with E-state index in [4.69, 9.17) is 4.42 Å². The molecule has 0 radical (unpaired) electrons. The molecule has 1 aromatic heterocycles. The number of amides is 1. The highest BCUT2D eigenvalue weighted by atomic mass is 16.4. The van der Waals surface area contributed by atoms with Crippen molar-refractivity contribution in [2.75, 3.05) is 0 Å². The molecule has 5 heteroatoms. The molecule has 1 heterocycles. The highest BCUT2D eigenvalue weighted by Gasteiger charge is 2.43. The number of benzene rings is 1. The fourth-order valence-corrected chi connectivity index (χ4v) is 2.74. The molecule has 0 atom stereocenters. The number of carbonyl (C=O) groups is 2. The minimum absolute atomic E-state index is 0.152. The van der Waals surface area contributed by atoms with Crippen molar-refractivity contribution in [3.05, 3.63) is 36.1 Å². The first kappa shape index (κ1) is 12.7. The molecule has 3 rings (SSSR count). The zero-order valence-electron chi connectivity index (χ0n) is 10.9. The standard InChI is InChI=1S/C15H15NO4/c17-13(16-15(14(18)19)7-3-4-8-15)12-9-10-5-1-2-6-11(10)20-12/h1-2,5-6,9H,3-4,7-8H2,(H,16,17)(H,18,19). The minimum atomic E-state index is -1.14.